The van der Waals surface area contributed by atoms with Crippen LogP contribution in [0.25, 0.3) is 0 Å². The van der Waals surface area contributed by atoms with Crippen LogP contribution in [0.15, 0.2) is 42.5 Å². The van der Waals surface area contributed by atoms with Gasteiger partial charge in [0.1, 0.15) is 5.75 Å². The summed E-state index contributed by atoms with van der Waals surface area (Å²) in [5, 5.41) is 15.6. The zero-order valence-corrected chi connectivity index (χ0v) is 12.4. The second-order valence-corrected chi connectivity index (χ2v) is 4.96. The van der Waals surface area contributed by atoms with Gasteiger partial charge in [0.2, 0.25) is 0 Å². The van der Waals surface area contributed by atoms with Crippen LogP contribution in [0.4, 0.5) is 5.69 Å². The van der Waals surface area contributed by atoms with Crippen LogP contribution in [-0.4, -0.2) is 17.6 Å². The van der Waals surface area contributed by atoms with E-state index in [1.807, 2.05) is 31.2 Å². The van der Waals surface area contributed by atoms with Gasteiger partial charge in [-0.1, -0.05) is 36.7 Å². The fraction of sp³-hybridized carbons (Fsp3) is 0.188. The minimum atomic E-state index is -0.263. The number of aromatic hydroxyl groups is 1. The maximum absolute atomic E-state index is 12.2. The van der Waals surface area contributed by atoms with E-state index in [-0.39, 0.29) is 16.7 Å². The van der Waals surface area contributed by atoms with Gasteiger partial charge in [0, 0.05) is 17.8 Å². The highest BCUT2D eigenvalue weighted by Crippen LogP contribution is 2.24. The third-order valence-electron chi connectivity index (χ3n) is 3.04. The van der Waals surface area contributed by atoms with Crippen molar-refractivity contribution in [2.45, 2.75) is 13.5 Å². The number of rotatable bonds is 5. The lowest BCUT2D eigenvalue weighted by molar-refractivity contribution is 0.102. The molecule has 21 heavy (non-hydrogen) atoms. The zero-order chi connectivity index (χ0) is 15.2. The lowest BCUT2D eigenvalue weighted by Crippen LogP contribution is -2.17. The fourth-order valence-corrected chi connectivity index (χ4v) is 2.08. The van der Waals surface area contributed by atoms with Gasteiger partial charge in [0.15, 0.2) is 0 Å². The van der Waals surface area contributed by atoms with Gasteiger partial charge < -0.3 is 15.7 Å². The van der Waals surface area contributed by atoms with Crippen molar-refractivity contribution >= 4 is 23.2 Å². The largest absolute Gasteiger partial charge is 0.506 e. The lowest BCUT2D eigenvalue weighted by Gasteiger charge is -2.11. The summed E-state index contributed by atoms with van der Waals surface area (Å²) in [6, 6.07) is 12.0. The second-order valence-electron chi connectivity index (χ2n) is 4.56. The standard InChI is InChI=1S/C16H17ClN2O2/c1-2-18-10-12-5-3-4-6-14(12)19-16(21)11-7-8-15(20)13(17)9-11/h3-9,18,20H,2,10H2,1H3,(H,19,21). The molecule has 3 N–H and O–H groups in total. The van der Waals surface area contributed by atoms with E-state index in [4.69, 9.17) is 11.6 Å². The van der Waals surface area contributed by atoms with Crippen LogP contribution in [0.3, 0.4) is 0 Å². The molecule has 0 aliphatic rings. The molecule has 110 valence electrons. The summed E-state index contributed by atoms with van der Waals surface area (Å²) in [7, 11) is 0. The van der Waals surface area contributed by atoms with Gasteiger partial charge >= 0.3 is 0 Å². The van der Waals surface area contributed by atoms with Crippen LogP contribution >= 0.6 is 11.6 Å². The van der Waals surface area contributed by atoms with Crippen LogP contribution in [0.2, 0.25) is 5.02 Å². The molecule has 0 aromatic heterocycles. The van der Waals surface area contributed by atoms with Gasteiger partial charge in [0.05, 0.1) is 5.02 Å². The number of benzene rings is 2. The monoisotopic (exact) mass is 304 g/mol. The van der Waals surface area contributed by atoms with Crippen molar-refractivity contribution in [1.29, 1.82) is 0 Å². The van der Waals surface area contributed by atoms with Gasteiger partial charge in [-0.2, -0.15) is 0 Å². The molecule has 0 aliphatic heterocycles. The number of para-hydroxylation sites is 1. The normalized spacial score (nSPS) is 10.4. The highest BCUT2D eigenvalue weighted by Gasteiger charge is 2.10. The Bertz CT molecular complexity index is 644. The highest BCUT2D eigenvalue weighted by molar-refractivity contribution is 6.32. The molecule has 2 aromatic rings. The Balaban J connectivity index is 2.17. The second kappa shape index (κ2) is 7.11. The highest BCUT2D eigenvalue weighted by atomic mass is 35.5. The molecule has 0 fully saturated rings. The third kappa shape index (κ3) is 3.97. The zero-order valence-electron chi connectivity index (χ0n) is 11.7. The van der Waals surface area contributed by atoms with Crippen LogP contribution in [0.5, 0.6) is 5.75 Å². The molecule has 5 heteroatoms. The Morgan fingerprint density at radius 1 is 1.24 bits per heavy atom. The predicted molar refractivity (Wildman–Crippen MR) is 84.9 cm³/mol. The summed E-state index contributed by atoms with van der Waals surface area (Å²) in [6.45, 7) is 3.57. The summed E-state index contributed by atoms with van der Waals surface area (Å²) in [5.41, 5.74) is 2.17. The van der Waals surface area contributed by atoms with Crippen molar-refractivity contribution in [3.63, 3.8) is 0 Å². The number of carbonyl (C=O) groups is 1. The number of hydrogen-bond donors (Lipinski definition) is 3. The first-order chi connectivity index (χ1) is 10.1. The Hall–Kier alpha value is -2.04. The first-order valence-electron chi connectivity index (χ1n) is 6.70. The van der Waals surface area contributed by atoms with Crippen molar-refractivity contribution in [3.8, 4) is 5.75 Å². The van der Waals surface area contributed by atoms with E-state index in [0.717, 1.165) is 17.8 Å². The van der Waals surface area contributed by atoms with E-state index in [0.29, 0.717) is 12.1 Å². The summed E-state index contributed by atoms with van der Waals surface area (Å²) in [6.07, 6.45) is 0. The van der Waals surface area contributed by atoms with Crippen molar-refractivity contribution in [3.05, 3.63) is 58.6 Å². The number of anilines is 1. The van der Waals surface area contributed by atoms with Crippen LogP contribution < -0.4 is 10.6 Å². The van der Waals surface area contributed by atoms with Crippen molar-refractivity contribution in [2.24, 2.45) is 0 Å². The van der Waals surface area contributed by atoms with Crippen molar-refractivity contribution < 1.29 is 9.90 Å². The Labute approximate surface area is 128 Å². The molecule has 0 unspecified atom stereocenters. The Morgan fingerprint density at radius 2 is 2.00 bits per heavy atom. The molecule has 0 radical (unpaired) electrons. The van der Waals surface area contributed by atoms with E-state index in [2.05, 4.69) is 10.6 Å². The summed E-state index contributed by atoms with van der Waals surface area (Å²) < 4.78 is 0. The Morgan fingerprint density at radius 3 is 2.71 bits per heavy atom. The number of carbonyl (C=O) groups excluding carboxylic acids is 1. The molecular weight excluding hydrogens is 288 g/mol. The molecule has 0 aliphatic carbocycles. The minimum absolute atomic E-state index is 0.0410. The van der Waals surface area contributed by atoms with E-state index >= 15 is 0 Å². The molecule has 2 rings (SSSR count). The molecule has 4 nitrogen and oxygen atoms in total. The average Bonchev–Trinajstić information content (AvgIpc) is 2.49. The van der Waals surface area contributed by atoms with Crippen molar-refractivity contribution in [2.75, 3.05) is 11.9 Å². The molecule has 0 atom stereocenters. The molecule has 0 saturated carbocycles. The molecular formula is C16H17ClN2O2. The summed E-state index contributed by atoms with van der Waals surface area (Å²) >= 11 is 5.82. The van der Waals surface area contributed by atoms with E-state index in [9.17, 15) is 9.90 Å². The van der Waals surface area contributed by atoms with Gasteiger partial charge in [-0.05, 0) is 36.4 Å². The van der Waals surface area contributed by atoms with Crippen LogP contribution in [0, 0.1) is 0 Å². The van der Waals surface area contributed by atoms with Gasteiger partial charge in [-0.3, -0.25) is 4.79 Å². The molecule has 0 saturated heterocycles. The topological polar surface area (TPSA) is 61.4 Å². The smallest absolute Gasteiger partial charge is 0.255 e. The van der Waals surface area contributed by atoms with E-state index in [1.54, 1.807) is 0 Å². The van der Waals surface area contributed by atoms with Gasteiger partial charge in [0.25, 0.3) is 5.91 Å². The van der Waals surface area contributed by atoms with Crippen molar-refractivity contribution in [1.82, 2.24) is 5.32 Å². The molecule has 2 aromatic carbocycles. The molecule has 0 bridgehead atoms. The predicted octanol–water partition coefficient (Wildman–Crippen LogP) is 3.41. The maximum atomic E-state index is 12.2. The lowest BCUT2D eigenvalue weighted by atomic mass is 10.1. The maximum Gasteiger partial charge on any atom is 0.255 e. The Kier molecular flexibility index (Phi) is 5.20. The number of amides is 1. The molecule has 0 heterocycles. The quantitative estimate of drug-likeness (QED) is 0.793. The third-order valence-corrected chi connectivity index (χ3v) is 3.34. The molecule has 0 spiro atoms. The van der Waals surface area contributed by atoms with E-state index < -0.39 is 0 Å². The first kappa shape index (κ1) is 15.4. The first-order valence-corrected chi connectivity index (χ1v) is 7.08. The summed E-state index contributed by atoms with van der Waals surface area (Å²) in [5.74, 6) is -0.304. The fourth-order valence-electron chi connectivity index (χ4n) is 1.90. The van der Waals surface area contributed by atoms with Crippen LogP contribution in [0.1, 0.15) is 22.8 Å². The number of phenols is 1. The summed E-state index contributed by atoms with van der Waals surface area (Å²) in [4.78, 5) is 12.2. The van der Waals surface area contributed by atoms with Gasteiger partial charge in [-0.25, -0.2) is 0 Å². The number of phenolic OH excluding ortho intramolecular Hbond substituents is 1. The number of hydrogen-bond acceptors (Lipinski definition) is 3. The van der Waals surface area contributed by atoms with E-state index in [1.165, 1.54) is 18.2 Å². The minimum Gasteiger partial charge on any atom is -0.506 e. The van der Waals surface area contributed by atoms with Gasteiger partial charge in [-0.15, -0.1) is 0 Å². The average molecular weight is 305 g/mol. The number of halogens is 1. The van der Waals surface area contributed by atoms with Crippen LogP contribution in [-0.2, 0) is 6.54 Å². The number of nitrogens with one attached hydrogen (secondary N) is 2. The SMILES string of the molecule is CCNCc1ccccc1NC(=O)c1ccc(O)c(Cl)c1. The molecule has 1 amide bonds.